The molecule has 174 valence electrons. The standard InChI is InChI=1S/C23H29N3O5.ClH/c1-16(2)31-22(28)18(4)25-21(27)20-10-12-26(13-11-20)15-30-23(29)24-17(3)14-19-8-6-5-7-9-19;/h5-13,16-18H,14-15H2,1-4H3,(H-,24,25,27,29);1H/t17-,18-;/m0./s1. The van der Waals surface area contributed by atoms with Crippen LogP contribution in [0.2, 0.25) is 0 Å². The van der Waals surface area contributed by atoms with Crippen molar-refractivity contribution in [1.82, 2.24) is 10.6 Å². The van der Waals surface area contributed by atoms with Crippen molar-refractivity contribution >= 4 is 18.0 Å². The molecule has 0 unspecified atom stereocenters. The molecule has 1 aromatic heterocycles. The number of alkyl carbamates (subject to hydrolysis) is 1. The van der Waals surface area contributed by atoms with Gasteiger partial charge in [0.15, 0.2) is 12.4 Å². The van der Waals surface area contributed by atoms with Crippen LogP contribution in [0.3, 0.4) is 0 Å². The Morgan fingerprint density at radius 1 is 0.938 bits per heavy atom. The van der Waals surface area contributed by atoms with Crippen LogP contribution in [-0.4, -0.2) is 36.2 Å². The molecule has 2 aromatic rings. The third-order valence-electron chi connectivity index (χ3n) is 4.30. The van der Waals surface area contributed by atoms with Crippen molar-refractivity contribution in [1.29, 1.82) is 0 Å². The topological polar surface area (TPSA) is 97.6 Å². The van der Waals surface area contributed by atoms with Gasteiger partial charge in [0.05, 0.1) is 11.7 Å². The van der Waals surface area contributed by atoms with E-state index >= 15 is 0 Å². The van der Waals surface area contributed by atoms with Gasteiger partial charge in [-0.3, -0.25) is 4.79 Å². The molecule has 0 aliphatic carbocycles. The summed E-state index contributed by atoms with van der Waals surface area (Å²) in [5.74, 6) is -0.885. The van der Waals surface area contributed by atoms with E-state index in [2.05, 4.69) is 10.6 Å². The summed E-state index contributed by atoms with van der Waals surface area (Å²) in [6, 6.07) is 12.2. The minimum Gasteiger partial charge on any atom is -1.00 e. The zero-order chi connectivity index (χ0) is 22.8. The van der Waals surface area contributed by atoms with Crippen LogP contribution in [0.4, 0.5) is 4.79 Å². The normalized spacial score (nSPS) is 12.2. The third-order valence-corrected chi connectivity index (χ3v) is 4.30. The van der Waals surface area contributed by atoms with E-state index in [9.17, 15) is 14.4 Å². The summed E-state index contributed by atoms with van der Waals surface area (Å²) in [6.45, 7) is 6.97. The molecule has 0 saturated heterocycles. The maximum absolute atomic E-state index is 12.3. The summed E-state index contributed by atoms with van der Waals surface area (Å²) in [4.78, 5) is 36.1. The molecule has 9 heteroatoms. The van der Waals surface area contributed by atoms with E-state index in [0.717, 1.165) is 5.56 Å². The van der Waals surface area contributed by atoms with E-state index < -0.39 is 24.0 Å². The van der Waals surface area contributed by atoms with Crippen molar-refractivity contribution in [2.24, 2.45) is 0 Å². The number of aromatic nitrogens is 1. The minimum atomic E-state index is -0.757. The van der Waals surface area contributed by atoms with Gasteiger partial charge < -0.3 is 32.5 Å². The highest BCUT2D eigenvalue weighted by Crippen LogP contribution is 2.03. The van der Waals surface area contributed by atoms with E-state index in [1.54, 1.807) is 49.9 Å². The van der Waals surface area contributed by atoms with Crippen LogP contribution in [0.1, 0.15) is 43.6 Å². The maximum Gasteiger partial charge on any atom is 0.412 e. The molecule has 0 bridgehead atoms. The molecular formula is C23H30ClN3O5. The lowest BCUT2D eigenvalue weighted by Gasteiger charge is -2.15. The predicted molar refractivity (Wildman–Crippen MR) is 114 cm³/mol. The van der Waals surface area contributed by atoms with Gasteiger partial charge in [0, 0.05) is 18.2 Å². The van der Waals surface area contributed by atoms with Gasteiger partial charge in [-0.25, -0.2) is 9.59 Å². The van der Waals surface area contributed by atoms with Gasteiger partial charge in [-0.2, -0.15) is 4.57 Å². The van der Waals surface area contributed by atoms with Gasteiger partial charge in [-0.15, -0.1) is 0 Å². The number of halogens is 1. The monoisotopic (exact) mass is 463 g/mol. The first kappa shape index (κ1) is 26.9. The fourth-order valence-electron chi connectivity index (χ4n) is 2.76. The molecule has 0 aliphatic rings. The Morgan fingerprint density at radius 3 is 2.16 bits per heavy atom. The molecule has 2 amide bonds. The van der Waals surface area contributed by atoms with Crippen LogP contribution >= 0.6 is 0 Å². The van der Waals surface area contributed by atoms with E-state index in [-0.39, 0.29) is 31.3 Å². The van der Waals surface area contributed by atoms with Crippen molar-refractivity contribution in [2.75, 3.05) is 0 Å². The number of nitrogens with zero attached hydrogens (tertiary/aromatic N) is 1. The summed E-state index contributed by atoms with van der Waals surface area (Å²) in [5.41, 5.74) is 1.51. The van der Waals surface area contributed by atoms with Gasteiger partial charge in [-0.1, -0.05) is 30.3 Å². The SMILES string of the molecule is CC(C)OC(=O)[C@H](C)NC(=O)c1cc[n+](COC(=O)N[C@@H](C)Cc2ccccc2)cc1.[Cl-]. The van der Waals surface area contributed by atoms with E-state index in [1.807, 2.05) is 37.3 Å². The Labute approximate surface area is 194 Å². The van der Waals surface area contributed by atoms with Crippen LogP contribution in [0.25, 0.3) is 0 Å². The number of carbonyl (C=O) groups is 3. The Hall–Kier alpha value is -3.13. The predicted octanol–water partition coefficient (Wildman–Crippen LogP) is -0.637. The summed E-state index contributed by atoms with van der Waals surface area (Å²) in [6.07, 6.45) is 3.17. The second-order valence-corrected chi connectivity index (χ2v) is 7.58. The van der Waals surface area contributed by atoms with Crippen molar-refractivity contribution in [2.45, 2.75) is 59.0 Å². The molecule has 0 aliphatic heterocycles. The molecule has 0 radical (unpaired) electrons. The van der Waals surface area contributed by atoms with Crippen LogP contribution in [0.15, 0.2) is 54.9 Å². The number of nitrogens with one attached hydrogen (secondary N) is 2. The lowest BCUT2D eigenvalue weighted by molar-refractivity contribution is -0.727. The molecule has 0 spiro atoms. The Bertz CT molecular complexity index is 875. The maximum atomic E-state index is 12.3. The quantitative estimate of drug-likeness (QED) is 0.381. The molecule has 1 aromatic carbocycles. The molecule has 0 saturated carbocycles. The number of ether oxygens (including phenoxy) is 2. The first-order valence-electron chi connectivity index (χ1n) is 10.2. The molecule has 2 atom stereocenters. The largest absolute Gasteiger partial charge is 1.00 e. The molecule has 2 rings (SSSR count). The van der Waals surface area contributed by atoms with E-state index in [0.29, 0.717) is 12.0 Å². The highest BCUT2D eigenvalue weighted by atomic mass is 35.5. The summed E-state index contributed by atoms with van der Waals surface area (Å²) < 4.78 is 11.9. The Balaban J connectivity index is 0.00000512. The first-order valence-corrected chi connectivity index (χ1v) is 10.2. The fourth-order valence-corrected chi connectivity index (χ4v) is 2.76. The average Bonchev–Trinajstić information content (AvgIpc) is 2.72. The number of hydrogen-bond acceptors (Lipinski definition) is 5. The lowest BCUT2D eigenvalue weighted by atomic mass is 10.1. The van der Waals surface area contributed by atoms with Crippen molar-refractivity contribution in [3.8, 4) is 0 Å². The second-order valence-electron chi connectivity index (χ2n) is 7.58. The van der Waals surface area contributed by atoms with Gasteiger partial charge in [0.2, 0.25) is 0 Å². The second kappa shape index (κ2) is 13.3. The number of amides is 2. The number of hydrogen-bond donors (Lipinski definition) is 2. The van der Waals surface area contributed by atoms with Gasteiger partial charge in [0.1, 0.15) is 6.04 Å². The third kappa shape index (κ3) is 9.34. The summed E-state index contributed by atoms with van der Waals surface area (Å²) in [5, 5.41) is 5.39. The molecule has 32 heavy (non-hydrogen) atoms. The summed E-state index contributed by atoms with van der Waals surface area (Å²) in [7, 11) is 0. The number of esters is 1. The van der Waals surface area contributed by atoms with Crippen molar-refractivity contribution in [3.63, 3.8) is 0 Å². The van der Waals surface area contributed by atoms with E-state index in [1.165, 1.54) is 0 Å². The molecule has 0 fully saturated rings. The average molecular weight is 464 g/mol. The van der Waals surface area contributed by atoms with Gasteiger partial charge in [0.25, 0.3) is 12.6 Å². The first-order chi connectivity index (χ1) is 14.7. The van der Waals surface area contributed by atoms with Crippen LogP contribution in [-0.2, 0) is 27.4 Å². The van der Waals surface area contributed by atoms with Crippen LogP contribution in [0.5, 0.6) is 0 Å². The van der Waals surface area contributed by atoms with Gasteiger partial charge in [-0.05, 0) is 39.7 Å². The van der Waals surface area contributed by atoms with Crippen LogP contribution in [0, 0.1) is 0 Å². The number of carbonyl (C=O) groups excluding carboxylic acids is 3. The highest BCUT2D eigenvalue weighted by molar-refractivity contribution is 5.96. The molecule has 2 N–H and O–H groups in total. The van der Waals surface area contributed by atoms with E-state index in [4.69, 9.17) is 9.47 Å². The lowest BCUT2D eigenvalue weighted by Crippen LogP contribution is -3.00. The minimum absolute atomic E-state index is 0. The summed E-state index contributed by atoms with van der Waals surface area (Å²) >= 11 is 0. The number of rotatable bonds is 9. The number of benzene rings is 1. The molecule has 8 nitrogen and oxygen atoms in total. The molecule has 1 heterocycles. The zero-order valence-corrected chi connectivity index (χ0v) is 19.5. The fraction of sp³-hybridized carbons (Fsp3) is 0.391. The number of pyridine rings is 1. The molecular weight excluding hydrogens is 434 g/mol. The van der Waals surface area contributed by atoms with Gasteiger partial charge >= 0.3 is 12.1 Å². The van der Waals surface area contributed by atoms with Crippen LogP contribution < -0.4 is 27.6 Å². The smallest absolute Gasteiger partial charge is 0.412 e. The van der Waals surface area contributed by atoms with Crippen molar-refractivity contribution < 1.29 is 40.8 Å². The van der Waals surface area contributed by atoms with Crippen molar-refractivity contribution in [3.05, 3.63) is 66.0 Å². The highest BCUT2D eigenvalue weighted by Gasteiger charge is 2.19. The Kier molecular flexibility index (Phi) is 11.2. The zero-order valence-electron chi connectivity index (χ0n) is 18.7. The Morgan fingerprint density at radius 2 is 1.56 bits per heavy atom.